The van der Waals surface area contributed by atoms with Gasteiger partial charge in [0.25, 0.3) is 5.56 Å². The van der Waals surface area contributed by atoms with E-state index in [2.05, 4.69) is 27.1 Å². The minimum atomic E-state index is -0.0455. The minimum Gasteiger partial charge on any atom is -0.313 e. The van der Waals surface area contributed by atoms with Gasteiger partial charge in [0, 0.05) is 12.6 Å². The van der Waals surface area contributed by atoms with Gasteiger partial charge in [-0.2, -0.15) is 0 Å². The summed E-state index contributed by atoms with van der Waals surface area (Å²) in [5.41, 5.74) is 0.729. The molecule has 5 heteroatoms. The number of nitrogens with zero attached hydrogens (tertiary/aromatic N) is 2. The van der Waals surface area contributed by atoms with Gasteiger partial charge in [-0.25, -0.2) is 4.98 Å². The lowest BCUT2D eigenvalue weighted by molar-refractivity contribution is 0.181. The second-order valence-electron chi connectivity index (χ2n) is 5.66. The van der Waals surface area contributed by atoms with Crippen LogP contribution >= 0.6 is 0 Å². The molecule has 2 heterocycles. The van der Waals surface area contributed by atoms with Crippen molar-refractivity contribution >= 4 is 10.9 Å². The van der Waals surface area contributed by atoms with E-state index in [9.17, 15) is 4.79 Å². The topological polar surface area (TPSA) is 61.0 Å². The monoisotopic (exact) mass is 286 g/mol. The Morgan fingerprint density at radius 3 is 3.14 bits per heavy atom. The van der Waals surface area contributed by atoms with Crippen LogP contribution in [0.15, 0.2) is 29.1 Å². The van der Waals surface area contributed by atoms with Crippen molar-refractivity contribution in [2.24, 2.45) is 0 Å². The van der Waals surface area contributed by atoms with Crippen LogP contribution in [-0.4, -0.2) is 40.5 Å². The molecule has 5 nitrogen and oxygen atoms in total. The van der Waals surface area contributed by atoms with Crippen molar-refractivity contribution < 1.29 is 0 Å². The molecule has 0 radical (unpaired) electrons. The Labute approximate surface area is 124 Å². The van der Waals surface area contributed by atoms with Crippen molar-refractivity contribution in [3.8, 4) is 0 Å². The number of H-pyrrole nitrogens is 1. The van der Waals surface area contributed by atoms with Gasteiger partial charge in [0.15, 0.2) is 0 Å². The number of piperidine rings is 1. The quantitative estimate of drug-likeness (QED) is 0.894. The Kier molecular flexibility index (Phi) is 4.31. The zero-order valence-corrected chi connectivity index (χ0v) is 12.4. The maximum atomic E-state index is 12.1. The summed E-state index contributed by atoms with van der Waals surface area (Å²) in [5.74, 6) is 0.760. The van der Waals surface area contributed by atoms with E-state index in [0.29, 0.717) is 18.0 Å². The molecule has 0 bridgehead atoms. The van der Waals surface area contributed by atoms with Crippen LogP contribution in [0.5, 0.6) is 0 Å². The van der Waals surface area contributed by atoms with Crippen LogP contribution in [0.4, 0.5) is 0 Å². The Hall–Kier alpha value is -1.72. The SMILES string of the molecule is CCNC1CCCN(Cc2nc3ccccc3c(=O)[nH]2)C1. The third-order valence-electron chi connectivity index (χ3n) is 4.03. The molecule has 1 atom stereocenters. The number of hydrogen-bond donors (Lipinski definition) is 2. The van der Waals surface area contributed by atoms with Crippen LogP contribution in [0.1, 0.15) is 25.6 Å². The van der Waals surface area contributed by atoms with Gasteiger partial charge in [0.1, 0.15) is 5.82 Å². The molecule has 2 aromatic rings. The number of hydrogen-bond acceptors (Lipinski definition) is 4. The Balaban J connectivity index is 1.77. The Morgan fingerprint density at radius 1 is 1.43 bits per heavy atom. The summed E-state index contributed by atoms with van der Waals surface area (Å²) in [7, 11) is 0. The lowest BCUT2D eigenvalue weighted by Gasteiger charge is -2.32. The van der Waals surface area contributed by atoms with Crippen molar-refractivity contribution in [2.45, 2.75) is 32.4 Å². The highest BCUT2D eigenvalue weighted by molar-refractivity contribution is 5.77. The predicted molar refractivity (Wildman–Crippen MR) is 84.3 cm³/mol. The van der Waals surface area contributed by atoms with E-state index in [4.69, 9.17) is 0 Å². The molecule has 1 saturated heterocycles. The number of nitrogens with one attached hydrogen (secondary N) is 2. The van der Waals surface area contributed by atoms with E-state index < -0.39 is 0 Å². The molecule has 0 saturated carbocycles. The Bertz CT molecular complexity index is 665. The Morgan fingerprint density at radius 2 is 2.29 bits per heavy atom. The van der Waals surface area contributed by atoms with Crippen molar-refractivity contribution in [3.05, 3.63) is 40.4 Å². The van der Waals surface area contributed by atoms with Gasteiger partial charge in [-0.3, -0.25) is 9.69 Å². The molecule has 1 aromatic carbocycles. The third kappa shape index (κ3) is 3.31. The number of fused-ring (bicyclic) bond motifs is 1. The van der Waals surface area contributed by atoms with Crippen molar-refractivity contribution in [2.75, 3.05) is 19.6 Å². The normalized spacial score (nSPS) is 20.0. The fraction of sp³-hybridized carbons (Fsp3) is 0.500. The first kappa shape index (κ1) is 14.2. The molecule has 2 N–H and O–H groups in total. The lowest BCUT2D eigenvalue weighted by atomic mass is 10.1. The zero-order chi connectivity index (χ0) is 14.7. The summed E-state index contributed by atoms with van der Waals surface area (Å²) in [5, 5.41) is 4.17. The van der Waals surface area contributed by atoms with E-state index in [1.165, 1.54) is 12.8 Å². The predicted octanol–water partition coefficient (Wildman–Crippen LogP) is 1.50. The number of likely N-dealkylation sites (tertiary alicyclic amines) is 1. The van der Waals surface area contributed by atoms with E-state index >= 15 is 0 Å². The highest BCUT2D eigenvalue weighted by atomic mass is 16.1. The first-order valence-electron chi connectivity index (χ1n) is 7.70. The smallest absolute Gasteiger partial charge is 0.258 e. The average Bonchev–Trinajstić information content (AvgIpc) is 2.48. The van der Waals surface area contributed by atoms with Crippen LogP contribution < -0.4 is 10.9 Å². The van der Waals surface area contributed by atoms with Crippen molar-refractivity contribution in [1.29, 1.82) is 0 Å². The van der Waals surface area contributed by atoms with Gasteiger partial charge >= 0.3 is 0 Å². The van der Waals surface area contributed by atoms with Crippen LogP contribution in [0.3, 0.4) is 0 Å². The van der Waals surface area contributed by atoms with Gasteiger partial charge in [0.2, 0.25) is 0 Å². The van der Waals surface area contributed by atoms with E-state index in [0.717, 1.165) is 31.0 Å². The van der Waals surface area contributed by atoms with Crippen LogP contribution in [0.25, 0.3) is 10.9 Å². The molecule has 21 heavy (non-hydrogen) atoms. The van der Waals surface area contributed by atoms with Crippen LogP contribution in [-0.2, 0) is 6.54 Å². The first-order chi connectivity index (χ1) is 10.3. The van der Waals surface area contributed by atoms with Gasteiger partial charge in [-0.15, -0.1) is 0 Å². The number of aromatic nitrogens is 2. The lowest BCUT2D eigenvalue weighted by Crippen LogP contribution is -2.45. The fourth-order valence-corrected chi connectivity index (χ4v) is 3.08. The molecule has 112 valence electrons. The largest absolute Gasteiger partial charge is 0.313 e. The number of benzene rings is 1. The van der Waals surface area contributed by atoms with Gasteiger partial charge in [-0.1, -0.05) is 19.1 Å². The molecule has 1 aromatic heterocycles. The van der Waals surface area contributed by atoms with E-state index in [1.807, 2.05) is 24.3 Å². The van der Waals surface area contributed by atoms with Gasteiger partial charge < -0.3 is 10.3 Å². The molecule has 1 fully saturated rings. The van der Waals surface area contributed by atoms with Crippen molar-refractivity contribution in [3.63, 3.8) is 0 Å². The summed E-state index contributed by atoms with van der Waals surface area (Å²) in [6, 6.07) is 8.04. The molecule has 1 aliphatic heterocycles. The maximum Gasteiger partial charge on any atom is 0.258 e. The molecule has 0 amide bonds. The molecule has 0 aliphatic carbocycles. The highest BCUT2D eigenvalue weighted by Crippen LogP contribution is 2.13. The van der Waals surface area contributed by atoms with Crippen molar-refractivity contribution in [1.82, 2.24) is 20.2 Å². The second-order valence-corrected chi connectivity index (χ2v) is 5.66. The summed E-state index contributed by atoms with van der Waals surface area (Å²) < 4.78 is 0. The molecule has 0 spiro atoms. The summed E-state index contributed by atoms with van der Waals surface area (Å²) in [6.07, 6.45) is 2.42. The number of para-hydroxylation sites is 1. The second kappa shape index (κ2) is 6.37. The molecule has 1 aliphatic rings. The molecule has 1 unspecified atom stereocenters. The summed E-state index contributed by atoms with van der Waals surface area (Å²) in [4.78, 5) is 21.9. The summed E-state index contributed by atoms with van der Waals surface area (Å²) in [6.45, 7) is 5.94. The van der Waals surface area contributed by atoms with Gasteiger partial charge in [-0.05, 0) is 38.1 Å². The first-order valence-corrected chi connectivity index (χ1v) is 7.70. The van der Waals surface area contributed by atoms with E-state index in [-0.39, 0.29) is 5.56 Å². The fourth-order valence-electron chi connectivity index (χ4n) is 3.08. The molecular weight excluding hydrogens is 264 g/mol. The third-order valence-corrected chi connectivity index (χ3v) is 4.03. The van der Waals surface area contributed by atoms with E-state index in [1.54, 1.807) is 0 Å². The highest BCUT2D eigenvalue weighted by Gasteiger charge is 2.19. The average molecular weight is 286 g/mol. The van der Waals surface area contributed by atoms with Gasteiger partial charge in [0.05, 0.1) is 17.4 Å². The zero-order valence-electron chi connectivity index (χ0n) is 12.4. The number of likely N-dealkylation sites (N-methyl/N-ethyl adjacent to an activating group) is 1. The summed E-state index contributed by atoms with van der Waals surface area (Å²) >= 11 is 0. The number of rotatable bonds is 4. The maximum absolute atomic E-state index is 12.1. The standard InChI is InChI=1S/C16H22N4O/c1-2-17-12-6-5-9-20(10-12)11-15-18-14-8-4-3-7-13(14)16(21)19-15/h3-4,7-8,12,17H,2,5-6,9-11H2,1H3,(H,18,19,21). The van der Waals surface area contributed by atoms with Crippen LogP contribution in [0.2, 0.25) is 0 Å². The molecule has 3 rings (SSSR count). The number of aromatic amines is 1. The minimum absolute atomic E-state index is 0.0455. The molecular formula is C16H22N4O. The van der Waals surface area contributed by atoms with Crippen LogP contribution in [0, 0.1) is 0 Å².